The maximum absolute atomic E-state index is 10.5. The molecule has 1 rings (SSSR count). The number of aliphatic hydroxyl groups is 1. The Balaban J connectivity index is 2.75. The smallest absolute Gasteiger partial charge is 0.156 e. The van der Waals surface area contributed by atoms with Crippen molar-refractivity contribution in [2.24, 2.45) is 0 Å². The highest BCUT2D eigenvalue weighted by Gasteiger charge is 2.02. The van der Waals surface area contributed by atoms with Gasteiger partial charge in [-0.2, -0.15) is 0 Å². The molecule has 0 radical (unpaired) electrons. The number of allylic oxidation sites excluding steroid dienone is 4. The minimum Gasteiger partial charge on any atom is -0.507 e. The molecule has 0 heterocycles. The molecule has 2 nitrogen and oxygen atoms in total. The summed E-state index contributed by atoms with van der Waals surface area (Å²) in [5, 5.41) is 9.24. The van der Waals surface area contributed by atoms with E-state index in [-0.39, 0.29) is 11.5 Å². The lowest BCUT2D eigenvalue weighted by molar-refractivity contribution is -0.112. The van der Waals surface area contributed by atoms with E-state index in [1.165, 1.54) is 13.0 Å². The molecule has 0 saturated heterocycles. The first-order valence-electron chi connectivity index (χ1n) is 3.48. The molecule has 0 aromatic carbocycles. The van der Waals surface area contributed by atoms with E-state index >= 15 is 0 Å². The quantitative estimate of drug-likeness (QED) is 0.482. The summed E-state index contributed by atoms with van der Waals surface area (Å²) in [6.45, 7) is 1.41. The Hall–Kier alpha value is -1.31. The second-order valence-electron chi connectivity index (χ2n) is 2.44. The highest BCUT2D eigenvalue weighted by Crippen LogP contribution is 2.15. The van der Waals surface area contributed by atoms with Crippen LogP contribution < -0.4 is 0 Å². The predicted octanol–water partition coefficient (Wildman–Crippen LogP) is 1.90. The van der Waals surface area contributed by atoms with Crippen LogP contribution in [-0.2, 0) is 4.79 Å². The summed E-state index contributed by atoms with van der Waals surface area (Å²) in [6, 6.07) is 0. The van der Waals surface area contributed by atoms with Crippen LogP contribution in [0.1, 0.15) is 13.3 Å². The lowest BCUT2D eigenvalue weighted by atomic mass is 10.2. The van der Waals surface area contributed by atoms with E-state index in [9.17, 15) is 9.90 Å². The molecule has 0 unspecified atom stereocenters. The highest BCUT2D eigenvalue weighted by atomic mass is 16.3. The molecule has 0 aromatic heterocycles. The van der Waals surface area contributed by atoms with Crippen molar-refractivity contribution in [1.29, 1.82) is 0 Å². The average molecular weight is 150 g/mol. The Kier molecular flexibility index (Phi) is 2.26. The molecular weight excluding hydrogens is 140 g/mol. The Labute approximate surface area is 65.5 Å². The topological polar surface area (TPSA) is 37.3 Å². The van der Waals surface area contributed by atoms with E-state index in [0.29, 0.717) is 0 Å². The molecule has 2 heteroatoms. The van der Waals surface area contributed by atoms with Crippen molar-refractivity contribution in [1.82, 2.24) is 0 Å². The number of hydrogen-bond donors (Lipinski definition) is 1. The van der Waals surface area contributed by atoms with Crippen LogP contribution in [0.25, 0.3) is 0 Å². The number of hydrogen-bond acceptors (Lipinski definition) is 2. The normalized spacial score (nSPS) is 16.8. The molecule has 11 heavy (non-hydrogen) atoms. The first-order chi connectivity index (χ1) is 5.20. The standard InChI is InChI=1S/C9H10O2/c1-7(10)6-9(11)8-4-2-3-5-8/h2,4-6,11H,3H2,1H3/b9-6-. The maximum Gasteiger partial charge on any atom is 0.156 e. The fourth-order valence-corrected chi connectivity index (χ4v) is 0.924. The molecule has 0 amide bonds. The second-order valence-corrected chi connectivity index (χ2v) is 2.44. The van der Waals surface area contributed by atoms with E-state index in [0.717, 1.165) is 12.0 Å². The van der Waals surface area contributed by atoms with Crippen LogP contribution in [0.15, 0.2) is 35.6 Å². The Morgan fingerprint density at radius 2 is 2.45 bits per heavy atom. The molecule has 0 fully saturated rings. The number of carbonyl (C=O) groups is 1. The summed E-state index contributed by atoms with van der Waals surface area (Å²) in [6.07, 6.45) is 7.66. The van der Waals surface area contributed by atoms with E-state index < -0.39 is 0 Å². The number of ketones is 1. The van der Waals surface area contributed by atoms with E-state index in [1.54, 1.807) is 6.08 Å². The summed E-state index contributed by atoms with van der Waals surface area (Å²) in [4.78, 5) is 10.5. The molecule has 0 bridgehead atoms. The minimum atomic E-state index is -0.135. The van der Waals surface area contributed by atoms with Crippen LogP contribution in [0.3, 0.4) is 0 Å². The van der Waals surface area contributed by atoms with Crippen molar-refractivity contribution in [2.45, 2.75) is 13.3 Å². The van der Waals surface area contributed by atoms with Crippen LogP contribution >= 0.6 is 0 Å². The SMILES string of the molecule is CC(=O)/C=C(\O)C1=CCC=C1. The minimum absolute atomic E-state index is 0.0613. The van der Waals surface area contributed by atoms with E-state index in [2.05, 4.69) is 0 Å². The van der Waals surface area contributed by atoms with Crippen LogP contribution in [0.4, 0.5) is 0 Å². The van der Waals surface area contributed by atoms with Gasteiger partial charge in [-0.05, 0) is 13.3 Å². The number of aliphatic hydroxyl groups excluding tert-OH is 1. The van der Waals surface area contributed by atoms with Gasteiger partial charge in [-0.3, -0.25) is 4.79 Å². The van der Waals surface area contributed by atoms with Crippen molar-refractivity contribution in [3.05, 3.63) is 35.6 Å². The van der Waals surface area contributed by atoms with Gasteiger partial charge in [0.25, 0.3) is 0 Å². The molecule has 0 aliphatic heterocycles. The van der Waals surface area contributed by atoms with Crippen molar-refractivity contribution < 1.29 is 9.90 Å². The zero-order valence-electron chi connectivity index (χ0n) is 6.37. The summed E-state index contributed by atoms with van der Waals surface area (Å²) in [5.41, 5.74) is 0.736. The first-order valence-corrected chi connectivity index (χ1v) is 3.48. The van der Waals surface area contributed by atoms with Gasteiger partial charge in [0.05, 0.1) is 0 Å². The number of carbonyl (C=O) groups excluding carboxylic acids is 1. The third-order valence-electron chi connectivity index (χ3n) is 1.41. The molecule has 1 N–H and O–H groups in total. The van der Waals surface area contributed by atoms with Gasteiger partial charge < -0.3 is 5.11 Å². The molecule has 1 aliphatic carbocycles. The lowest BCUT2D eigenvalue weighted by Gasteiger charge is -1.94. The van der Waals surface area contributed by atoms with Crippen LogP contribution in [0, 0.1) is 0 Å². The summed E-state index contributed by atoms with van der Waals surface area (Å²) < 4.78 is 0. The zero-order chi connectivity index (χ0) is 8.27. The molecule has 58 valence electrons. The summed E-state index contributed by atoms with van der Waals surface area (Å²) in [5.74, 6) is -0.0741. The van der Waals surface area contributed by atoms with Crippen LogP contribution in [0.2, 0.25) is 0 Å². The Morgan fingerprint density at radius 1 is 1.73 bits per heavy atom. The predicted molar refractivity (Wildman–Crippen MR) is 43.2 cm³/mol. The van der Waals surface area contributed by atoms with Crippen molar-refractivity contribution in [2.75, 3.05) is 0 Å². The largest absolute Gasteiger partial charge is 0.507 e. The van der Waals surface area contributed by atoms with Gasteiger partial charge >= 0.3 is 0 Å². The maximum atomic E-state index is 10.5. The monoisotopic (exact) mass is 150 g/mol. The van der Waals surface area contributed by atoms with Crippen LogP contribution in [0.5, 0.6) is 0 Å². The van der Waals surface area contributed by atoms with Gasteiger partial charge in [0.1, 0.15) is 5.76 Å². The molecule has 0 atom stereocenters. The molecule has 0 saturated carbocycles. The third kappa shape index (κ3) is 2.08. The van der Waals surface area contributed by atoms with Gasteiger partial charge in [0, 0.05) is 11.6 Å². The van der Waals surface area contributed by atoms with Gasteiger partial charge in [0.15, 0.2) is 5.78 Å². The number of rotatable bonds is 2. The van der Waals surface area contributed by atoms with Gasteiger partial charge in [-0.1, -0.05) is 18.2 Å². The van der Waals surface area contributed by atoms with E-state index in [1.807, 2.05) is 12.2 Å². The van der Waals surface area contributed by atoms with Gasteiger partial charge in [-0.15, -0.1) is 0 Å². The van der Waals surface area contributed by atoms with Crippen molar-refractivity contribution in [3.8, 4) is 0 Å². The summed E-state index contributed by atoms with van der Waals surface area (Å²) >= 11 is 0. The Morgan fingerprint density at radius 3 is 2.91 bits per heavy atom. The second kappa shape index (κ2) is 3.19. The lowest BCUT2D eigenvalue weighted by Crippen LogP contribution is -1.89. The third-order valence-corrected chi connectivity index (χ3v) is 1.41. The van der Waals surface area contributed by atoms with Crippen molar-refractivity contribution >= 4 is 5.78 Å². The average Bonchev–Trinajstić information content (AvgIpc) is 2.35. The zero-order valence-corrected chi connectivity index (χ0v) is 6.37. The molecule has 1 aliphatic rings. The van der Waals surface area contributed by atoms with Gasteiger partial charge in [0.2, 0.25) is 0 Å². The molecule has 0 aromatic rings. The van der Waals surface area contributed by atoms with Gasteiger partial charge in [-0.25, -0.2) is 0 Å². The van der Waals surface area contributed by atoms with Crippen molar-refractivity contribution in [3.63, 3.8) is 0 Å². The highest BCUT2D eigenvalue weighted by molar-refractivity contribution is 5.88. The fourth-order valence-electron chi connectivity index (χ4n) is 0.924. The first kappa shape index (κ1) is 7.79. The van der Waals surface area contributed by atoms with E-state index in [4.69, 9.17) is 0 Å². The molecular formula is C9H10O2. The Bertz CT molecular complexity index is 257. The molecule has 0 spiro atoms. The van der Waals surface area contributed by atoms with Crippen LogP contribution in [-0.4, -0.2) is 10.9 Å². The summed E-state index contributed by atoms with van der Waals surface area (Å²) in [7, 11) is 0. The fraction of sp³-hybridized carbons (Fsp3) is 0.222.